The van der Waals surface area contributed by atoms with Crippen molar-refractivity contribution in [2.45, 2.75) is 40.2 Å². The van der Waals surface area contributed by atoms with Crippen LogP contribution in [-0.4, -0.2) is 25.1 Å². The topological polar surface area (TPSA) is 28.2 Å². The SMILES string of the molecule is CCCNCc1cc(CC)nc(N(C)CC)c1. The van der Waals surface area contributed by atoms with Gasteiger partial charge in [0, 0.05) is 25.8 Å². The normalized spacial score (nSPS) is 10.6. The minimum absolute atomic E-state index is 0.938. The summed E-state index contributed by atoms with van der Waals surface area (Å²) in [5.41, 5.74) is 2.51. The zero-order valence-electron chi connectivity index (χ0n) is 11.6. The van der Waals surface area contributed by atoms with Crippen LogP contribution < -0.4 is 10.2 Å². The Kier molecular flexibility index (Phi) is 5.98. The third kappa shape index (κ3) is 4.35. The first-order chi connectivity index (χ1) is 8.21. The lowest BCUT2D eigenvalue weighted by atomic mass is 10.2. The number of hydrogen-bond acceptors (Lipinski definition) is 3. The Morgan fingerprint density at radius 2 is 2.00 bits per heavy atom. The second-order valence-electron chi connectivity index (χ2n) is 4.37. The van der Waals surface area contributed by atoms with Crippen LogP contribution in [0.4, 0.5) is 5.82 Å². The molecule has 0 spiro atoms. The lowest BCUT2D eigenvalue weighted by Gasteiger charge is -2.18. The van der Waals surface area contributed by atoms with E-state index in [4.69, 9.17) is 0 Å². The quantitative estimate of drug-likeness (QED) is 0.736. The molecule has 96 valence electrons. The summed E-state index contributed by atoms with van der Waals surface area (Å²) < 4.78 is 0. The van der Waals surface area contributed by atoms with Crippen LogP contribution in [0.5, 0.6) is 0 Å². The molecule has 1 heterocycles. The fraction of sp³-hybridized carbons (Fsp3) is 0.643. The summed E-state index contributed by atoms with van der Waals surface area (Å²) in [6.07, 6.45) is 2.17. The van der Waals surface area contributed by atoms with Crippen LogP contribution in [0.2, 0.25) is 0 Å². The van der Waals surface area contributed by atoms with Crippen molar-refractivity contribution in [3.05, 3.63) is 23.4 Å². The molecule has 1 aromatic rings. The van der Waals surface area contributed by atoms with Crippen molar-refractivity contribution in [2.24, 2.45) is 0 Å². The average Bonchev–Trinajstić information content (AvgIpc) is 2.37. The predicted molar refractivity (Wildman–Crippen MR) is 74.6 cm³/mol. The molecular formula is C14H25N3. The fourth-order valence-corrected chi connectivity index (χ4v) is 1.68. The minimum atomic E-state index is 0.938. The molecule has 3 heteroatoms. The number of rotatable bonds is 7. The van der Waals surface area contributed by atoms with Crippen molar-refractivity contribution in [1.29, 1.82) is 0 Å². The summed E-state index contributed by atoms with van der Waals surface area (Å²) in [6, 6.07) is 4.39. The Bertz CT molecular complexity index is 336. The molecule has 0 atom stereocenters. The predicted octanol–water partition coefficient (Wildman–Crippen LogP) is 2.60. The monoisotopic (exact) mass is 235 g/mol. The number of anilines is 1. The lowest BCUT2D eigenvalue weighted by molar-refractivity contribution is 0.673. The largest absolute Gasteiger partial charge is 0.360 e. The van der Waals surface area contributed by atoms with Crippen LogP contribution in [-0.2, 0) is 13.0 Å². The number of aryl methyl sites for hydroxylation is 1. The molecule has 0 fully saturated rings. The molecule has 1 aromatic heterocycles. The van der Waals surface area contributed by atoms with Gasteiger partial charge >= 0.3 is 0 Å². The van der Waals surface area contributed by atoms with Crippen LogP contribution in [0, 0.1) is 0 Å². The Morgan fingerprint density at radius 3 is 2.59 bits per heavy atom. The molecule has 0 radical (unpaired) electrons. The lowest BCUT2D eigenvalue weighted by Crippen LogP contribution is -2.19. The fourth-order valence-electron chi connectivity index (χ4n) is 1.68. The van der Waals surface area contributed by atoms with Gasteiger partial charge in [-0.25, -0.2) is 4.98 Å². The molecule has 0 unspecified atom stereocenters. The van der Waals surface area contributed by atoms with E-state index in [1.54, 1.807) is 0 Å². The zero-order valence-corrected chi connectivity index (χ0v) is 11.6. The standard InChI is InChI=1S/C14H25N3/c1-5-8-15-11-12-9-13(6-2)16-14(10-12)17(4)7-3/h9-10,15H,5-8,11H2,1-4H3. The smallest absolute Gasteiger partial charge is 0.128 e. The van der Waals surface area contributed by atoms with E-state index in [9.17, 15) is 0 Å². The van der Waals surface area contributed by atoms with Gasteiger partial charge in [0.25, 0.3) is 0 Å². The molecule has 0 amide bonds. The minimum Gasteiger partial charge on any atom is -0.360 e. The number of aromatic nitrogens is 1. The highest BCUT2D eigenvalue weighted by Crippen LogP contribution is 2.14. The summed E-state index contributed by atoms with van der Waals surface area (Å²) in [5, 5.41) is 3.44. The maximum atomic E-state index is 4.65. The summed E-state index contributed by atoms with van der Waals surface area (Å²) in [4.78, 5) is 6.83. The first-order valence-corrected chi connectivity index (χ1v) is 6.62. The molecule has 0 aromatic carbocycles. The Hall–Kier alpha value is -1.09. The first-order valence-electron chi connectivity index (χ1n) is 6.62. The number of pyridine rings is 1. The molecule has 0 aliphatic heterocycles. The van der Waals surface area contributed by atoms with Crippen molar-refractivity contribution in [2.75, 3.05) is 25.0 Å². The maximum absolute atomic E-state index is 4.65. The van der Waals surface area contributed by atoms with E-state index in [0.29, 0.717) is 0 Å². The van der Waals surface area contributed by atoms with Gasteiger partial charge in [-0.1, -0.05) is 13.8 Å². The van der Waals surface area contributed by atoms with E-state index in [0.717, 1.165) is 31.9 Å². The third-order valence-corrected chi connectivity index (χ3v) is 2.91. The molecule has 1 rings (SSSR count). The van der Waals surface area contributed by atoms with Gasteiger partial charge in [0.1, 0.15) is 5.82 Å². The summed E-state index contributed by atoms with van der Waals surface area (Å²) >= 11 is 0. The molecule has 0 aliphatic rings. The Morgan fingerprint density at radius 1 is 1.24 bits per heavy atom. The van der Waals surface area contributed by atoms with Gasteiger partial charge in [-0.2, -0.15) is 0 Å². The van der Waals surface area contributed by atoms with E-state index >= 15 is 0 Å². The number of nitrogens with zero attached hydrogens (tertiary/aromatic N) is 2. The van der Waals surface area contributed by atoms with Crippen molar-refractivity contribution in [1.82, 2.24) is 10.3 Å². The highest BCUT2D eigenvalue weighted by atomic mass is 15.2. The molecule has 0 aliphatic carbocycles. The van der Waals surface area contributed by atoms with Crippen LogP contribution >= 0.6 is 0 Å². The average molecular weight is 235 g/mol. The van der Waals surface area contributed by atoms with Gasteiger partial charge in [0.05, 0.1) is 0 Å². The van der Waals surface area contributed by atoms with Crippen molar-refractivity contribution in [3.63, 3.8) is 0 Å². The highest BCUT2D eigenvalue weighted by molar-refractivity contribution is 5.41. The zero-order chi connectivity index (χ0) is 12.7. The maximum Gasteiger partial charge on any atom is 0.128 e. The summed E-state index contributed by atoms with van der Waals surface area (Å²) in [6.45, 7) is 9.49. The van der Waals surface area contributed by atoms with Gasteiger partial charge < -0.3 is 10.2 Å². The molecular weight excluding hydrogens is 210 g/mol. The molecule has 17 heavy (non-hydrogen) atoms. The van der Waals surface area contributed by atoms with Gasteiger partial charge in [-0.05, 0) is 44.0 Å². The molecule has 0 saturated heterocycles. The number of hydrogen-bond donors (Lipinski definition) is 1. The van der Waals surface area contributed by atoms with Crippen LogP contribution in [0.25, 0.3) is 0 Å². The van der Waals surface area contributed by atoms with Crippen molar-refractivity contribution in [3.8, 4) is 0 Å². The Labute approximate surface area is 105 Å². The highest BCUT2D eigenvalue weighted by Gasteiger charge is 2.04. The molecule has 3 nitrogen and oxygen atoms in total. The second-order valence-corrected chi connectivity index (χ2v) is 4.37. The number of nitrogens with one attached hydrogen (secondary N) is 1. The van der Waals surface area contributed by atoms with Crippen molar-refractivity contribution >= 4 is 5.82 Å². The van der Waals surface area contributed by atoms with Crippen molar-refractivity contribution < 1.29 is 0 Å². The van der Waals surface area contributed by atoms with Gasteiger partial charge in [-0.15, -0.1) is 0 Å². The third-order valence-electron chi connectivity index (χ3n) is 2.91. The van der Waals surface area contributed by atoms with E-state index < -0.39 is 0 Å². The van der Waals surface area contributed by atoms with E-state index in [-0.39, 0.29) is 0 Å². The summed E-state index contributed by atoms with van der Waals surface area (Å²) in [7, 11) is 2.09. The van der Waals surface area contributed by atoms with Gasteiger partial charge in [0.2, 0.25) is 0 Å². The second kappa shape index (κ2) is 7.28. The van der Waals surface area contributed by atoms with Crippen LogP contribution in [0.15, 0.2) is 12.1 Å². The molecule has 1 N–H and O–H groups in total. The van der Waals surface area contributed by atoms with E-state index in [2.05, 4.69) is 55.2 Å². The van der Waals surface area contributed by atoms with E-state index in [1.165, 1.54) is 17.7 Å². The van der Waals surface area contributed by atoms with E-state index in [1.807, 2.05) is 0 Å². The first kappa shape index (κ1) is 14.0. The molecule has 0 saturated carbocycles. The summed E-state index contributed by atoms with van der Waals surface area (Å²) in [5.74, 6) is 1.08. The van der Waals surface area contributed by atoms with Crippen LogP contribution in [0.3, 0.4) is 0 Å². The van der Waals surface area contributed by atoms with Gasteiger partial charge in [-0.3, -0.25) is 0 Å². The Balaban J connectivity index is 2.81. The van der Waals surface area contributed by atoms with Crippen LogP contribution in [0.1, 0.15) is 38.4 Å². The van der Waals surface area contributed by atoms with Gasteiger partial charge in [0.15, 0.2) is 0 Å². The molecule has 0 bridgehead atoms.